The molecule has 0 saturated carbocycles. The van der Waals surface area contributed by atoms with Crippen LogP contribution in [0.5, 0.6) is 0 Å². The molecule has 4 nitrogen and oxygen atoms in total. The van der Waals surface area contributed by atoms with E-state index >= 15 is 0 Å². The predicted molar refractivity (Wildman–Crippen MR) is 71.8 cm³/mol. The van der Waals surface area contributed by atoms with Crippen molar-refractivity contribution in [1.29, 1.82) is 0 Å². The predicted octanol–water partition coefficient (Wildman–Crippen LogP) is 2.52. The molecule has 0 radical (unpaired) electrons. The summed E-state index contributed by atoms with van der Waals surface area (Å²) in [4.78, 5) is 12.9. The standard InChI is InChI=1S/C14H27NO3/c1-11(2)15(9-5-6-13(16)17)10-12-7-8-14(3,4)18-12/h11-12H,5-10H2,1-4H3,(H,16,17). The van der Waals surface area contributed by atoms with E-state index in [4.69, 9.17) is 9.84 Å². The summed E-state index contributed by atoms with van der Waals surface area (Å²) in [6.45, 7) is 10.3. The summed E-state index contributed by atoms with van der Waals surface area (Å²) in [7, 11) is 0. The minimum absolute atomic E-state index is 0.00831. The molecule has 18 heavy (non-hydrogen) atoms. The molecule has 1 aliphatic heterocycles. The van der Waals surface area contributed by atoms with Gasteiger partial charge in [-0.1, -0.05) is 0 Å². The van der Waals surface area contributed by atoms with Crippen molar-refractivity contribution >= 4 is 5.97 Å². The zero-order valence-corrected chi connectivity index (χ0v) is 12.1. The van der Waals surface area contributed by atoms with Gasteiger partial charge in [0, 0.05) is 19.0 Å². The Morgan fingerprint density at radius 2 is 2.17 bits per heavy atom. The number of carboxylic acids is 1. The zero-order valence-electron chi connectivity index (χ0n) is 12.1. The van der Waals surface area contributed by atoms with E-state index < -0.39 is 5.97 Å². The molecule has 1 saturated heterocycles. The van der Waals surface area contributed by atoms with Gasteiger partial charge in [-0.15, -0.1) is 0 Å². The third-order valence-electron chi connectivity index (χ3n) is 3.56. The van der Waals surface area contributed by atoms with Crippen LogP contribution in [0.1, 0.15) is 53.4 Å². The van der Waals surface area contributed by atoms with Gasteiger partial charge >= 0.3 is 5.97 Å². The van der Waals surface area contributed by atoms with Crippen LogP contribution in [0.25, 0.3) is 0 Å². The van der Waals surface area contributed by atoms with Crippen LogP contribution in [0, 0.1) is 0 Å². The van der Waals surface area contributed by atoms with Crippen molar-refractivity contribution in [3.63, 3.8) is 0 Å². The average Bonchev–Trinajstić information content (AvgIpc) is 2.56. The van der Waals surface area contributed by atoms with Crippen LogP contribution in [0.3, 0.4) is 0 Å². The second-order valence-corrected chi connectivity index (χ2v) is 6.12. The Morgan fingerprint density at radius 1 is 1.50 bits per heavy atom. The van der Waals surface area contributed by atoms with E-state index in [1.807, 2.05) is 0 Å². The van der Waals surface area contributed by atoms with E-state index in [0.717, 1.165) is 25.9 Å². The Morgan fingerprint density at radius 3 is 2.61 bits per heavy atom. The summed E-state index contributed by atoms with van der Waals surface area (Å²) < 4.78 is 6.00. The first-order valence-electron chi connectivity index (χ1n) is 6.94. The molecule has 0 aromatic rings. The van der Waals surface area contributed by atoms with E-state index in [1.165, 1.54) is 0 Å². The van der Waals surface area contributed by atoms with Crippen molar-refractivity contribution in [2.45, 2.75) is 71.1 Å². The Bertz CT molecular complexity index is 276. The number of nitrogens with zero attached hydrogens (tertiary/aromatic N) is 1. The Labute approximate surface area is 110 Å². The van der Waals surface area contributed by atoms with E-state index in [9.17, 15) is 4.79 Å². The monoisotopic (exact) mass is 257 g/mol. The summed E-state index contributed by atoms with van der Waals surface area (Å²) in [5, 5.41) is 8.67. The second-order valence-electron chi connectivity index (χ2n) is 6.12. The summed E-state index contributed by atoms with van der Waals surface area (Å²) in [6.07, 6.45) is 3.48. The molecule has 1 unspecified atom stereocenters. The van der Waals surface area contributed by atoms with Crippen LogP contribution in [0.4, 0.5) is 0 Å². The highest BCUT2D eigenvalue weighted by Gasteiger charge is 2.32. The van der Waals surface area contributed by atoms with E-state index in [0.29, 0.717) is 18.6 Å². The maximum atomic E-state index is 10.5. The van der Waals surface area contributed by atoms with Gasteiger partial charge in [-0.3, -0.25) is 9.69 Å². The van der Waals surface area contributed by atoms with Gasteiger partial charge in [0.05, 0.1) is 11.7 Å². The molecule has 1 fully saturated rings. The molecule has 1 rings (SSSR count). The van der Waals surface area contributed by atoms with Crippen molar-refractivity contribution in [3.8, 4) is 0 Å². The fraction of sp³-hybridized carbons (Fsp3) is 0.929. The van der Waals surface area contributed by atoms with E-state index in [2.05, 4.69) is 32.6 Å². The van der Waals surface area contributed by atoms with Crippen LogP contribution >= 0.6 is 0 Å². The topological polar surface area (TPSA) is 49.8 Å². The Kier molecular flexibility index (Phi) is 5.60. The lowest BCUT2D eigenvalue weighted by Gasteiger charge is -2.29. The number of aliphatic carboxylic acids is 1. The lowest BCUT2D eigenvalue weighted by atomic mass is 10.1. The first-order valence-corrected chi connectivity index (χ1v) is 6.94. The quantitative estimate of drug-likeness (QED) is 0.761. The molecule has 0 aromatic carbocycles. The molecule has 106 valence electrons. The van der Waals surface area contributed by atoms with Gasteiger partial charge < -0.3 is 9.84 Å². The van der Waals surface area contributed by atoms with Crippen LogP contribution < -0.4 is 0 Å². The van der Waals surface area contributed by atoms with Gasteiger partial charge in [0.1, 0.15) is 0 Å². The molecule has 1 N–H and O–H groups in total. The summed E-state index contributed by atoms with van der Waals surface area (Å²) in [5.41, 5.74) is 0.00831. The molecule has 0 aliphatic carbocycles. The lowest BCUT2D eigenvalue weighted by molar-refractivity contribution is -0.137. The number of hydrogen-bond donors (Lipinski definition) is 1. The smallest absolute Gasteiger partial charge is 0.303 e. The molecule has 1 atom stereocenters. The number of carboxylic acid groups (broad SMARTS) is 1. The summed E-state index contributed by atoms with van der Waals surface area (Å²) in [6, 6.07) is 0.436. The number of hydrogen-bond acceptors (Lipinski definition) is 3. The van der Waals surface area contributed by atoms with Crippen molar-refractivity contribution in [2.75, 3.05) is 13.1 Å². The van der Waals surface area contributed by atoms with Crippen LogP contribution in [0.15, 0.2) is 0 Å². The highest BCUT2D eigenvalue weighted by Crippen LogP contribution is 2.30. The van der Waals surface area contributed by atoms with Gasteiger partial charge in [-0.05, 0) is 53.5 Å². The number of carbonyl (C=O) groups is 1. The highest BCUT2D eigenvalue weighted by molar-refractivity contribution is 5.66. The van der Waals surface area contributed by atoms with E-state index in [1.54, 1.807) is 0 Å². The van der Waals surface area contributed by atoms with Crippen LogP contribution in [-0.2, 0) is 9.53 Å². The Balaban J connectivity index is 2.36. The van der Waals surface area contributed by atoms with Crippen molar-refractivity contribution < 1.29 is 14.6 Å². The third kappa shape index (κ3) is 5.36. The molecule has 0 bridgehead atoms. The Hall–Kier alpha value is -0.610. The first kappa shape index (κ1) is 15.4. The van der Waals surface area contributed by atoms with Gasteiger partial charge in [-0.2, -0.15) is 0 Å². The molecular weight excluding hydrogens is 230 g/mol. The molecule has 0 amide bonds. The number of ether oxygens (including phenoxy) is 1. The van der Waals surface area contributed by atoms with Gasteiger partial charge in [-0.25, -0.2) is 0 Å². The maximum Gasteiger partial charge on any atom is 0.303 e. The summed E-state index contributed by atoms with van der Waals surface area (Å²) >= 11 is 0. The van der Waals surface area contributed by atoms with Gasteiger partial charge in [0.15, 0.2) is 0 Å². The van der Waals surface area contributed by atoms with Crippen LogP contribution in [-0.4, -0.2) is 46.8 Å². The van der Waals surface area contributed by atoms with Gasteiger partial charge in [0.25, 0.3) is 0 Å². The minimum Gasteiger partial charge on any atom is -0.481 e. The molecular formula is C14H27NO3. The lowest BCUT2D eigenvalue weighted by Crippen LogP contribution is -2.39. The largest absolute Gasteiger partial charge is 0.481 e. The fourth-order valence-electron chi connectivity index (χ4n) is 2.46. The fourth-order valence-corrected chi connectivity index (χ4v) is 2.46. The van der Waals surface area contributed by atoms with E-state index in [-0.39, 0.29) is 12.0 Å². The molecule has 0 spiro atoms. The molecule has 4 heteroatoms. The highest BCUT2D eigenvalue weighted by atomic mass is 16.5. The van der Waals surface area contributed by atoms with Crippen LogP contribution in [0.2, 0.25) is 0 Å². The minimum atomic E-state index is -0.711. The molecule has 0 aromatic heterocycles. The third-order valence-corrected chi connectivity index (χ3v) is 3.56. The zero-order chi connectivity index (χ0) is 13.8. The van der Waals surface area contributed by atoms with Crippen molar-refractivity contribution in [1.82, 2.24) is 4.90 Å². The SMILES string of the molecule is CC(C)N(CCCC(=O)O)CC1CCC(C)(C)O1. The van der Waals surface area contributed by atoms with Crippen molar-refractivity contribution in [3.05, 3.63) is 0 Å². The molecule has 1 aliphatic rings. The first-order chi connectivity index (χ1) is 8.30. The second kappa shape index (κ2) is 6.53. The average molecular weight is 257 g/mol. The van der Waals surface area contributed by atoms with Gasteiger partial charge in [0.2, 0.25) is 0 Å². The summed E-state index contributed by atoms with van der Waals surface area (Å²) in [5.74, 6) is -0.711. The van der Waals surface area contributed by atoms with Crippen molar-refractivity contribution in [2.24, 2.45) is 0 Å². The maximum absolute atomic E-state index is 10.5. The normalized spacial score (nSPS) is 22.9. The molecule has 1 heterocycles. The number of rotatable bonds is 7.